The highest BCUT2D eigenvalue weighted by molar-refractivity contribution is 7.46. The molecule has 0 aliphatic carbocycles. The van der Waals surface area contributed by atoms with E-state index in [1.807, 2.05) is 0 Å². The van der Waals surface area contributed by atoms with Crippen LogP contribution in [0.3, 0.4) is 0 Å². The van der Waals surface area contributed by atoms with E-state index >= 15 is 0 Å². The number of nitrogens with zero attached hydrogens (tertiary/aromatic N) is 1. The fourth-order valence-corrected chi connectivity index (χ4v) is 0.919. The van der Waals surface area contributed by atoms with Gasteiger partial charge < -0.3 is 9.79 Å². The summed E-state index contributed by atoms with van der Waals surface area (Å²) in [4.78, 5) is 29.4. The maximum atomic E-state index is 10.2. The predicted molar refractivity (Wildman–Crippen MR) is 40.1 cm³/mol. The molecule has 2 N–H and O–H groups in total. The number of hydrogen-bond donors (Lipinski definition) is 2. The molecule has 1 unspecified atom stereocenters. The minimum Gasteiger partial charge on any atom is -0.303 e. The van der Waals surface area contributed by atoms with Gasteiger partial charge in [-0.15, -0.1) is 0 Å². The average Bonchev–Trinajstić information content (AvgIpc) is 1.95. The Morgan fingerprint density at radius 3 is 2.67 bits per heavy atom. The van der Waals surface area contributed by atoms with Gasteiger partial charge in [-0.2, -0.15) is 0 Å². The summed E-state index contributed by atoms with van der Waals surface area (Å²) >= 11 is 0. The highest BCUT2D eigenvalue weighted by atomic mass is 31.2. The zero-order valence-corrected chi connectivity index (χ0v) is 7.40. The van der Waals surface area contributed by atoms with Crippen molar-refractivity contribution in [3.8, 4) is 0 Å². The number of carbonyl (C=O) groups excluding carboxylic acids is 1. The van der Waals surface area contributed by atoms with Crippen LogP contribution in [0.25, 0.3) is 0 Å². The van der Waals surface area contributed by atoms with Crippen molar-refractivity contribution in [2.45, 2.75) is 6.92 Å². The van der Waals surface area contributed by atoms with E-state index in [1.54, 1.807) is 6.92 Å². The molecule has 0 bridgehead atoms. The molecule has 0 aromatic carbocycles. The molecule has 1 atom stereocenters. The van der Waals surface area contributed by atoms with E-state index in [2.05, 4.69) is 9.52 Å². The second kappa shape index (κ2) is 5.19. The fraction of sp³-hybridized carbons (Fsp3) is 0.800. The highest BCUT2D eigenvalue weighted by Gasteiger charge is 2.15. The van der Waals surface area contributed by atoms with E-state index < -0.39 is 7.82 Å². The number of phosphoric ester groups is 1. The first kappa shape index (κ1) is 11.5. The van der Waals surface area contributed by atoms with Gasteiger partial charge in [0.05, 0.1) is 13.2 Å². The van der Waals surface area contributed by atoms with E-state index in [9.17, 15) is 9.36 Å². The summed E-state index contributed by atoms with van der Waals surface area (Å²) in [5.74, 6) is -0.209. The Labute approximate surface area is 69.5 Å². The van der Waals surface area contributed by atoms with Gasteiger partial charge in [0.2, 0.25) is 6.08 Å². The minimum atomic E-state index is -4.39. The number of phosphoric acid groups is 1. The Morgan fingerprint density at radius 1 is 1.67 bits per heavy atom. The molecule has 0 saturated carbocycles. The fourth-order valence-electron chi connectivity index (χ4n) is 0.470. The normalized spacial score (nSPS) is 13.6. The van der Waals surface area contributed by atoms with Crippen molar-refractivity contribution in [2.24, 2.45) is 10.9 Å². The maximum absolute atomic E-state index is 10.2. The average molecular weight is 195 g/mol. The summed E-state index contributed by atoms with van der Waals surface area (Å²) in [7, 11) is -4.39. The van der Waals surface area contributed by atoms with Gasteiger partial charge in [-0.1, -0.05) is 6.92 Å². The van der Waals surface area contributed by atoms with Gasteiger partial charge in [-0.25, -0.2) is 14.4 Å². The first-order valence-corrected chi connectivity index (χ1v) is 4.72. The van der Waals surface area contributed by atoms with Crippen molar-refractivity contribution in [3.05, 3.63) is 0 Å². The van der Waals surface area contributed by atoms with Crippen LogP contribution >= 0.6 is 7.82 Å². The highest BCUT2D eigenvalue weighted by Crippen LogP contribution is 2.36. The van der Waals surface area contributed by atoms with Crippen LogP contribution in [0, 0.1) is 5.92 Å². The molecule has 6 nitrogen and oxygen atoms in total. The number of rotatable bonds is 5. The third-order valence-corrected chi connectivity index (χ3v) is 1.48. The van der Waals surface area contributed by atoms with Crippen molar-refractivity contribution in [1.82, 2.24) is 0 Å². The molecule has 0 aliphatic rings. The summed E-state index contributed by atoms with van der Waals surface area (Å²) in [6.45, 7) is 1.68. The van der Waals surface area contributed by atoms with E-state index in [0.29, 0.717) is 0 Å². The second-order valence-electron chi connectivity index (χ2n) is 2.32. The Kier molecular flexibility index (Phi) is 4.97. The van der Waals surface area contributed by atoms with Crippen LogP contribution in [0.15, 0.2) is 4.99 Å². The van der Waals surface area contributed by atoms with Crippen LogP contribution in [-0.4, -0.2) is 29.0 Å². The Morgan fingerprint density at radius 2 is 2.25 bits per heavy atom. The standard InChI is InChI=1S/C5H10NO5P/c1-5(2-6-4-7)3-11-12(8,9)10/h5H,2-3H2,1H3,(H2,8,9,10). The lowest BCUT2D eigenvalue weighted by Gasteiger charge is -2.08. The molecule has 0 aromatic rings. The largest absolute Gasteiger partial charge is 0.469 e. The summed E-state index contributed by atoms with van der Waals surface area (Å²) in [6, 6.07) is 0. The SMILES string of the molecule is CC(CN=C=O)COP(=O)(O)O. The molecule has 12 heavy (non-hydrogen) atoms. The van der Waals surface area contributed by atoms with Gasteiger partial charge >= 0.3 is 7.82 Å². The molecule has 0 aromatic heterocycles. The summed E-state index contributed by atoms with van der Waals surface area (Å²) in [6.07, 6.45) is 1.32. The number of isocyanates is 1. The monoisotopic (exact) mass is 195 g/mol. The first-order valence-electron chi connectivity index (χ1n) is 3.19. The smallest absolute Gasteiger partial charge is 0.303 e. The molecule has 0 saturated heterocycles. The zero-order valence-electron chi connectivity index (χ0n) is 6.51. The Balaban J connectivity index is 3.64. The Bertz CT molecular complexity index is 218. The van der Waals surface area contributed by atoms with Gasteiger partial charge in [-0.05, 0) is 0 Å². The maximum Gasteiger partial charge on any atom is 0.469 e. The van der Waals surface area contributed by atoms with Crippen LogP contribution in [0.4, 0.5) is 0 Å². The van der Waals surface area contributed by atoms with Gasteiger partial charge in [0.25, 0.3) is 0 Å². The number of aliphatic imine (C=N–C) groups is 1. The van der Waals surface area contributed by atoms with Gasteiger partial charge in [0.1, 0.15) is 0 Å². The van der Waals surface area contributed by atoms with Gasteiger partial charge in [-0.3, -0.25) is 4.52 Å². The van der Waals surface area contributed by atoms with Crippen LogP contribution in [-0.2, 0) is 13.9 Å². The van der Waals surface area contributed by atoms with Crippen molar-refractivity contribution < 1.29 is 23.7 Å². The second-order valence-corrected chi connectivity index (χ2v) is 3.56. The van der Waals surface area contributed by atoms with Crippen molar-refractivity contribution in [3.63, 3.8) is 0 Å². The molecular formula is C5H10NO5P. The summed E-state index contributed by atoms with van der Waals surface area (Å²) in [5, 5.41) is 0. The lowest BCUT2D eigenvalue weighted by molar-refractivity contribution is 0.174. The van der Waals surface area contributed by atoms with E-state index in [4.69, 9.17) is 9.79 Å². The topological polar surface area (TPSA) is 96.2 Å². The minimum absolute atomic E-state index is 0.130. The van der Waals surface area contributed by atoms with E-state index in [1.165, 1.54) is 6.08 Å². The lowest BCUT2D eigenvalue weighted by Crippen LogP contribution is -2.07. The molecule has 0 heterocycles. The predicted octanol–water partition coefficient (Wildman–Crippen LogP) is 0.0676. The molecule has 7 heteroatoms. The molecule has 0 aliphatic heterocycles. The van der Waals surface area contributed by atoms with Crippen molar-refractivity contribution in [2.75, 3.05) is 13.2 Å². The van der Waals surface area contributed by atoms with Crippen LogP contribution in [0.5, 0.6) is 0 Å². The molecule has 70 valence electrons. The molecule has 0 fully saturated rings. The van der Waals surface area contributed by atoms with Gasteiger partial charge in [0.15, 0.2) is 0 Å². The van der Waals surface area contributed by atoms with Crippen LogP contribution in [0.1, 0.15) is 6.92 Å². The van der Waals surface area contributed by atoms with Crippen molar-refractivity contribution in [1.29, 1.82) is 0 Å². The molecule has 0 radical (unpaired) electrons. The third-order valence-electron chi connectivity index (χ3n) is 0.995. The molecular weight excluding hydrogens is 185 g/mol. The van der Waals surface area contributed by atoms with E-state index in [-0.39, 0.29) is 19.1 Å². The van der Waals surface area contributed by atoms with E-state index in [0.717, 1.165) is 0 Å². The summed E-state index contributed by atoms with van der Waals surface area (Å²) < 4.78 is 14.3. The quantitative estimate of drug-likeness (QED) is 0.367. The van der Waals surface area contributed by atoms with Crippen molar-refractivity contribution >= 4 is 13.9 Å². The summed E-state index contributed by atoms with van der Waals surface area (Å²) in [5.41, 5.74) is 0. The lowest BCUT2D eigenvalue weighted by atomic mass is 10.2. The molecule has 0 spiro atoms. The number of hydrogen-bond acceptors (Lipinski definition) is 4. The molecule has 0 rings (SSSR count). The Hall–Kier alpha value is -0.510. The zero-order chi connectivity index (χ0) is 9.61. The first-order chi connectivity index (χ1) is 5.45. The third kappa shape index (κ3) is 7.60. The van der Waals surface area contributed by atoms with Crippen LogP contribution in [0.2, 0.25) is 0 Å². The van der Waals surface area contributed by atoms with Crippen LogP contribution < -0.4 is 0 Å². The van der Waals surface area contributed by atoms with Gasteiger partial charge in [0, 0.05) is 5.92 Å². The molecule has 0 amide bonds.